The van der Waals surface area contributed by atoms with E-state index in [0.29, 0.717) is 0 Å². The van der Waals surface area contributed by atoms with E-state index in [-0.39, 0.29) is 39.2 Å². The molecule has 410 valence electrons. The van der Waals surface area contributed by atoms with E-state index in [1.54, 1.807) is 0 Å². The van der Waals surface area contributed by atoms with Crippen molar-refractivity contribution in [2.45, 2.75) is 51.2 Å². The third-order valence-corrected chi connectivity index (χ3v) is 18.4. The molecule has 1 aromatic heterocycles. The molecule has 1 aliphatic rings. The Bertz CT molecular complexity index is 2990. The van der Waals surface area contributed by atoms with Crippen LogP contribution in [0.25, 0.3) is 0 Å². The molecule has 1 saturated heterocycles. The van der Waals surface area contributed by atoms with E-state index < -0.39 is 76.9 Å². The number of carbonyl (C=O) groups excluding carboxylic acids is 1. The Morgan fingerprint density at radius 3 is 1.03 bits per heavy atom. The van der Waals surface area contributed by atoms with Gasteiger partial charge in [-0.25, -0.2) is 35.0 Å². The zero-order valence-corrected chi connectivity index (χ0v) is 44.0. The second-order valence-corrected chi connectivity index (χ2v) is 24.6. The van der Waals surface area contributed by atoms with Gasteiger partial charge >= 0.3 is 27.8 Å². The number of carbonyl (C=O) groups is 1. The molecule has 0 unspecified atom stereocenters. The number of esters is 1. The van der Waals surface area contributed by atoms with E-state index in [0.717, 1.165) is 12.3 Å². The average Bonchev–Trinajstić information content (AvgIpc) is 3.42. The van der Waals surface area contributed by atoms with Gasteiger partial charge in [-0.2, -0.15) is 39.4 Å². The van der Waals surface area contributed by atoms with Gasteiger partial charge in [0.2, 0.25) is 10.1 Å². The van der Waals surface area contributed by atoms with E-state index in [4.69, 9.17) is 0 Å². The highest BCUT2D eigenvalue weighted by Gasteiger charge is 2.80. The summed E-state index contributed by atoms with van der Waals surface area (Å²) in [7, 11) is -18.2. The largest absolute Gasteiger partial charge is 0.743 e. The number of hydrogen-bond donors (Lipinski definition) is 0. The van der Waals surface area contributed by atoms with Crippen LogP contribution < -0.4 is 0 Å². The first kappa shape index (κ1) is 61.6. The molecule has 0 amide bonds. The molecule has 0 saturated carbocycles. The number of piperazine rings is 1. The molecule has 0 spiro atoms. The molecule has 1 fully saturated rings. The Hall–Kier alpha value is -6.23. The Labute approximate surface area is 445 Å². The lowest BCUT2D eigenvalue weighted by Crippen LogP contribution is -2.64. The van der Waals surface area contributed by atoms with Gasteiger partial charge in [-0.05, 0) is 92.0 Å². The fourth-order valence-electron chi connectivity index (χ4n) is 6.53. The first-order valence-corrected chi connectivity index (χ1v) is 28.9. The topological polar surface area (TPSA) is 194 Å². The van der Waals surface area contributed by atoms with Crippen molar-refractivity contribution in [1.82, 2.24) is 14.2 Å². The van der Waals surface area contributed by atoms with Crippen molar-refractivity contribution in [3.8, 4) is 0 Å². The Morgan fingerprint density at radius 1 is 0.468 bits per heavy atom. The monoisotopic (exact) mass is 1170 g/mol. The summed E-state index contributed by atoms with van der Waals surface area (Å²) in [5.74, 6) is -8.66. The minimum absolute atomic E-state index is 0.0146. The van der Waals surface area contributed by atoms with Crippen LogP contribution in [0.15, 0.2) is 236 Å². The van der Waals surface area contributed by atoms with Crippen LogP contribution in [0.4, 0.5) is 35.1 Å². The van der Waals surface area contributed by atoms with Crippen molar-refractivity contribution in [2.75, 3.05) is 33.2 Å². The predicted molar refractivity (Wildman–Crippen MR) is 270 cm³/mol. The van der Waals surface area contributed by atoms with Crippen LogP contribution in [-0.4, -0.2) is 110 Å². The van der Waals surface area contributed by atoms with Crippen molar-refractivity contribution in [2.24, 2.45) is 0 Å². The normalized spacial score (nSPS) is 13.9. The molecular formula is C51H45F8N3O10S5. The van der Waals surface area contributed by atoms with E-state index in [1.165, 1.54) is 53.5 Å². The Morgan fingerprint density at radius 2 is 0.766 bits per heavy atom. The van der Waals surface area contributed by atoms with Crippen molar-refractivity contribution >= 4 is 58.0 Å². The fourth-order valence-corrected chi connectivity index (χ4v) is 12.8. The maximum absolute atomic E-state index is 13.6. The standard InChI is InChI=1S/2C18H15S.C8H12F6N2O5S2.C7H5F2NO5S/c2*1-4-10-16(11-5-1)19(17-12-6-2-7-13-17)18-14-8-3-9-15-18;1-15-2-4-16(5-3-15)22(17,18)7(11,12)6(9,10)8(13,14)23(19,20)21;8-7(9,16(12,13)14)15-6(11)5-3-1-2-4-10-5/h2*1-15H;2-5H2,1H3,(H,19,20,21);1-4H,(H,12,13,14)/q2*+1;;/p-2. The lowest BCUT2D eigenvalue weighted by Gasteiger charge is -2.38. The molecule has 26 heteroatoms. The summed E-state index contributed by atoms with van der Waals surface area (Å²) in [6.07, 6.45) is 1.11. The van der Waals surface area contributed by atoms with Gasteiger partial charge < -0.3 is 18.7 Å². The Balaban J connectivity index is 0.000000191. The van der Waals surface area contributed by atoms with Crippen molar-refractivity contribution in [3.63, 3.8) is 0 Å². The van der Waals surface area contributed by atoms with E-state index in [1.807, 2.05) is 0 Å². The number of halogens is 8. The second kappa shape index (κ2) is 26.4. The number of likely N-dealkylation sites (N-methyl/N-ethyl adjacent to an activating group) is 1. The molecule has 77 heavy (non-hydrogen) atoms. The zero-order chi connectivity index (χ0) is 56.7. The van der Waals surface area contributed by atoms with Gasteiger partial charge in [-0.1, -0.05) is 115 Å². The van der Waals surface area contributed by atoms with E-state index in [2.05, 4.69) is 192 Å². The molecule has 2 heterocycles. The number of benzene rings is 6. The van der Waals surface area contributed by atoms with Crippen LogP contribution in [0.1, 0.15) is 10.5 Å². The summed E-state index contributed by atoms with van der Waals surface area (Å²) >= 11 is 0. The van der Waals surface area contributed by atoms with Crippen LogP contribution >= 0.6 is 0 Å². The lowest BCUT2D eigenvalue weighted by molar-refractivity contribution is -0.247. The first-order chi connectivity index (χ1) is 36.1. The number of pyridine rings is 1. The number of alkyl halides is 8. The molecule has 1 aliphatic heterocycles. The van der Waals surface area contributed by atoms with Gasteiger partial charge in [0.15, 0.2) is 39.5 Å². The minimum atomic E-state index is -7.25. The average molecular weight is 1170 g/mol. The molecule has 7 aromatic rings. The minimum Gasteiger partial charge on any atom is -0.743 e. The maximum atomic E-state index is 13.6. The molecule has 0 radical (unpaired) electrons. The molecule has 0 N–H and O–H groups in total. The fraction of sp³-hybridized carbons (Fsp3) is 0.176. The molecule has 0 aliphatic carbocycles. The number of ether oxygens (including phenoxy) is 1. The van der Waals surface area contributed by atoms with Crippen LogP contribution in [0.2, 0.25) is 0 Å². The van der Waals surface area contributed by atoms with E-state index >= 15 is 0 Å². The SMILES string of the molecule is CN1CCN(S(=O)(=O)C(F)(F)C(F)(F)C(F)(F)S(=O)(=O)[O-])CC1.O=C(OC(F)(F)S(=O)(=O)[O-])c1ccccn1.c1ccc([S+](c2ccccc2)c2ccccc2)cc1.c1ccc([S+](c2ccccc2)c2ccccc2)cc1. The highest BCUT2D eigenvalue weighted by molar-refractivity contribution is 7.97. The lowest BCUT2D eigenvalue weighted by atomic mass is 10.3. The molecule has 0 bridgehead atoms. The molecular weight excluding hydrogens is 1130 g/mol. The second-order valence-electron chi connectivity index (χ2n) is 15.8. The quantitative estimate of drug-likeness (QED) is 0.0434. The number of nitrogens with zero attached hydrogens (tertiary/aromatic N) is 3. The highest BCUT2D eigenvalue weighted by atomic mass is 32.2. The smallest absolute Gasteiger partial charge is 0.499 e. The van der Waals surface area contributed by atoms with Crippen LogP contribution in [0.3, 0.4) is 0 Å². The van der Waals surface area contributed by atoms with Crippen LogP contribution in [0.5, 0.6) is 0 Å². The number of sulfonamides is 1. The third-order valence-electron chi connectivity index (χ3n) is 10.4. The Kier molecular flexibility index (Phi) is 21.1. The highest BCUT2D eigenvalue weighted by Crippen LogP contribution is 2.51. The summed E-state index contributed by atoms with van der Waals surface area (Å²) in [5.41, 5.74) is -5.65. The van der Waals surface area contributed by atoms with Crippen molar-refractivity contribution < 1.29 is 79.0 Å². The number of hydrogen-bond acceptors (Lipinski definition) is 12. The van der Waals surface area contributed by atoms with Crippen LogP contribution in [-0.2, 0) is 56.8 Å². The van der Waals surface area contributed by atoms with Gasteiger partial charge in [-0.15, -0.1) is 0 Å². The van der Waals surface area contributed by atoms with Crippen molar-refractivity contribution in [1.29, 1.82) is 0 Å². The third kappa shape index (κ3) is 15.5. The van der Waals surface area contributed by atoms with Gasteiger partial charge in [0, 0.05) is 32.4 Å². The van der Waals surface area contributed by atoms with E-state index in [9.17, 15) is 74.3 Å². The maximum Gasteiger partial charge on any atom is 0.499 e. The number of rotatable bonds is 14. The summed E-state index contributed by atoms with van der Waals surface area (Å²) in [5, 5.41) is -13.3. The van der Waals surface area contributed by atoms with Crippen LogP contribution in [0, 0.1) is 0 Å². The van der Waals surface area contributed by atoms with Gasteiger partial charge in [-0.3, -0.25) is 0 Å². The zero-order valence-electron chi connectivity index (χ0n) is 39.9. The molecule has 6 aromatic carbocycles. The van der Waals surface area contributed by atoms with Gasteiger partial charge in [0.05, 0.1) is 21.8 Å². The van der Waals surface area contributed by atoms with Crippen molar-refractivity contribution in [3.05, 3.63) is 212 Å². The number of aromatic nitrogens is 1. The summed E-state index contributed by atoms with van der Waals surface area (Å²) < 4.78 is 191. The molecule has 13 nitrogen and oxygen atoms in total. The van der Waals surface area contributed by atoms with Gasteiger partial charge in [0.25, 0.3) is 10.0 Å². The molecule has 8 rings (SSSR count). The summed E-state index contributed by atoms with van der Waals surface area (Å²) in [6, 6.07) is 68.0. The predicted octanol–water partition coefficient (Wildman–Crippen LogP) is 9.83. The summed E-state index contributed by atoms with van der Waals surface area (Å²) in [4.78, 5) is 23.9. The summed E-state index contributed by atoms with van der Waals surface area (Å²) in [6.45, 7) is -1.67. The van der Waals surface area contributed by atoms with Gasteiger partial charge in [0.1, 0.15) is 5.69 Å². The first-order valence-electron chi connectivity index (χ1n) is 22.2. The molecule has 0 atom stereocenters.